The van der Waals surface area contributed by atoms with Gasteiger partial charge in [0.15, 0.2) is 0 Å². The van der Waals surface area contributed by atoms with E-state index in [1.807, 2.05) is 20.8 Å². The number of carbonyl (C=O) groups excluding carboxylic acids is 1. The van der Waals surface area contributed by atoms with E-state index in [0.717, 1.165) is 13.1 Å². The number of nitrogens with zero attached hydrogens (tertiary/aromatic N) is 1. The second kappa shape index (κ2) is 4.46. The van der Waals surface area contributed by atoms with E-state index in [0.29, 0.717) is 6.61 Å². The molecule has 0 radical (unpaired) electrons. The molecule has 2 atom stereocenters. The van der Waals surface area contributed by atoms with Crippen LogP contribution < -0.4 is 5.32 Å². The molecule has 1 amide bonds. The van der Waals surface area contributed by atoms with Crippen molar-refractivity contribution in [2.45, 2.75) is 32.9 Å². The van der Waals surface area contributed by atoms with Crippen LogP contribution in [0.1, 0.15) is 20.8 Å². The Hall–Kier alpha value is -0.770. The molecule has 1 N–H and O–H groups in total. The first kappa shape index (κ1) is 10.3. The topological polar surface area (TPSA) is 41.6 Å². The van der Waals surface area contributed by atoms with Crippen molar-refractivity contribution >= 4 is 6.09 Å². The predicted octanol–water partition coefficient (Wildman–Crippen LogP) is 0.825. The zero-order valence-electron chi connectivity index (χ0n) is 8.54. The standard InChI is InChI=1S/C9H18N2O2/c1-4-13-9(12)11-7(2)5-10-6-8(11)3/h7-8,10H,4-6H2,1-3H3/t7-,8-/m1/s1. The minimum absolute atomic E-state index is 0.191. The van der Waals surface area contributed by atoms with Crippen molar-refractivity contribution in [2.24, 2.45) is 0 Å². The molecular weight excluding hydrogens is 168 g/mol. The summed E-state index contributed by atoms with van der Waals surface area (Å²) < 4.78 is 4.98. The van der Waals surface area contributed by atoms with Gasteiger partial charge in [0, 0.05) is 25.2 Å². The zero-order valence-corrected chi connectivity index (χ0v) is 8.54. The third-order valence-electron chi connectivity index (χ3n) is 2.31. The first-order chi connectivity index (χ1) is 6.16. The number of ether oxygens (including phenoxy) is 1. The quantitative estimate of drug-likeness (QED) is 0.659. The fourth-order valence-corrected chi connectivity index (χ4v) is 1.69. The lowest BCUT2D eigenvalue weighted by atomic mass is 10.1. The summed E-state index contributed by atoms with van der Waals surface area (Å²) in [5.74, 6) is 0. The van der Waals surface area contributed by atoms with Crippen LogP contribution in [0.15, 0.2) is 0 Å². The van der Waals surface area contributed by atoms with E-state index < -0.39 is 0 Å². The van der Waals surface area contributed by atoms with Gasteiger partial charge < -0.3 is 15.0 Å². The van der Waals surface area contributed by atoms with Crippen LogP contribution in [0.25, 0.3) is 0 Å². The van der Waals surface area contributed by atoms with Gasteiger partial charge in [0.1, 0.15) is 0 Å². The molecule has 1 aliphatic rings. The van der Waals surface area contributed by atoms with Crippen molar-refractivity contribution in [3.05, 3.63) is 0 Å². The number of nitrogens with one attached hydrogen (secondary N) is 1. The largest absolute Gasteiger partial charge is 0.450 e. The van der Waals surface area contributed by atoms with Crippen LogP contribution >= 0.6 is 0 Å². The summed E-state index contributed by atoms with van der Waals surface area (Å²) >= 11 is 0. The maximum absolute atomic E-state index is 11.5. The lowest BCUT2D eigenvalue weighted by Crippen LogP contribution is -2.57. The van der Waals surface area contributed by atoms with Crippen molar-refractivity contribution in [3.8, 4) is 0 Å². The molecule has 0 aromatic rings. The molecule has 1 saturated heterocycles. The Kier molecular flexibility index (Phi) is 3.54. The molecule has 13 heavy (non-hydrogen) atoms. The maximum atomic E-state index is 11.5. The van der Waals surface area contributed by atoms with Crippen LogP contribution in [0.4, 0.5) is 4.79 Å². The number of hydrogen-bond donors (Lipinski definition) is 1. The van der Waals surface area contributed by atoms with E-state index >= 15 is 0 Å². The summed E-state index contributed by atoms with van der Waals surface area (Å²) in [5, 5.41) is 3.26. The van der Waals surface area contributed by atoms with Crippen LogP contribution in [0, 0.1) is 0 Å². The average Bonchev–Trinajstić information content (AvgIpc) is 2.04. The number of piperazine rings is 1. The summed E-state index contributed by atoms with van der Waals surface area (Å²) in [6.45, 7) is 8.03. The van der Waals surface area contributed by atoms with E-state index in [4.69, 9.17) is 4.74 Å². The molecule has 0 unspecified atom stereocenters. The van der Waals surface area contributed by atoms with Crippen molar-refractivity contribution in [1.29, 1.82) is 0 Å². The van der Waals surface area contributed by atoms with Gasteiger partial charge in [-0.2, -0.15) is 0 Å². The fraction of sp³-hybridized carbons (Fsp3) is 0.889. The number of carbonyl (C=O) groups is 1. The molecule has 1 fully saturated rings. The summed E-state index contributed by atoms with van der Waals surface area (Å²) in [5.41, 5.74) is 0. The second-order valence-corrected chi connectivity index (χ2v) is 3.46. The average molecular weight is 186 g/mol. The van der Waals surface area contributed by atoms with Crippen LogP contribution in [-0.4, -0.2) is 42.8 Å². The SMILES string of the molecule is CCOC(=O)N1[C@H](C)CNC[C@H]1C. The minimum atomic E-state index is -0.191. The van der Waals surface area contributed by atoms with E-state index in [1.165, 1.54) is 0 Å². The number of hydrogen-bond acceptors (Lipinski definition) is 3. The Balaban J connectivity index is 2.57. The Labute approximate surface area is 79.2 Å². The molecule has 1 rings (SSSR count). The highest BCUT2D eigenvalue weighted by atomic mass is 16.6. The first-order valence-electron chi connectivity index (χ1n) is 4.82. The molecule has 4 nitrogen and oxygen atoms in total. The monoisotopic (exact) mass is 186 g/mol. The fourth-order valence-electron chi connectivity index (χ4n) is 1.69. The smallest absolute Gasteiger partial charge is 0.410 e. The van der Waals surface area contributed by atoms with Crippen LogP contribution in [0.5, 0.6) is 0 Å². The van der Waals surface area contributed by atoms with E-state index in [2.05, 4.69) is 5.32 Å². The Bertz CT molecular complexity index is 174. The molecule has 0 aromatic heterocycles. The molecule has 0 saturated carbocycles. The lowest BCUT2D eigenvalue weighted by Gasteiger charge is -2.38. The van der Waals surface area contributed by atoms with Gasteiger partial charge in [-0.1, -0.05) is 0 Å². The Morgan fingerprint density at radius 1 is 1.46 bits per heavy atom. The van der Waals surface area contributed by atoms with Crippen LogP contribution in [-0.2, 0) is 4.74 Å². The Morgan fingerprint density at radius 3 is 2.46 bits per heavy atom. The zero-order chi connectivity index (χ0) is 9.84. The first-order valence-corrected chi connectivity index (χ1v) is 4.82. The molecule has 0 aromatic carbocycles. The van der Waals surface area contributed by atoms with Gasteiger partial charge in [-0.25, -0.2) is 4.79 Å². The normalized spacial score (nSPS) is 28.7. The molecule has 4 heteroatoms. The maximum Gasteiger partial charge on any atom is 0.410 e. The highest BCUT2D eigenvalue weighted by molar-refractivity contribution is 5.68. The van der Waals surface area contributed by atoms with E-state index in [-0.39, 0.29) is 18.2 Å². The molecular formula is C9H18N2O2. The molecule has 76 valence electrons. The van der Waals surface area contributed by atoms with Gasteiger partial charge >= 0.3 is 6.09 Å². The molecule has 1 heterocycles. The summed E-state index contributed by atoms with van der Waals surface area (Å²) in [4.78, 5) is 13.3. The van der Waals surface area contributed by atoms with Crippen LogP contribution in [0.2, 0.25) is 0 Å². The lowest BCUT2D eigenvalue weighted by molar-refractivity contribution is 0.0643. The van der Waals surface area contributed by atoms with Crippen molar-refractivity contribution in [3.63, 3.8) is 0 Å². The summed E-state index contributed by atoms with van der Waals surface area (Å²) in [7, 11) is 0. The minimum Gasteiger partial charge on any atom is -0.450 e. The third kappa shape index (κ3) is 2.34. The number of rotatable bonds is 1. The van der Waals surface area contributed by atoms with E-state index in [9.17, 15) is 4.79 Å². The summed E-state index contributed by atoms with van der Waals surface area (Å²) in [6, 6.07) is 0.450. The van der Waals surface area contributed by atoms with Crippen molar-refractivity contribution < 1.29 is 9.53 Å². The van der Waals surface area contributed by atoms with Gasteiger partial charge in [0.2, 0.25) is 0 Å². The van der Waals surface area contributed by atoms with E-state index in [1.54, 1.807) is 4.90 Å². The number of amides is 1. The third-order valence-corrected chi connectivity index (χ3v) is 2.31. The highest BCUT2D eigenvalue weighted by Crippen LogP contribution is 2.10. The highest BCUT2D eigenvalue weighted by Gasteiger charge is 2.29. The van der Waals surface area contributed by atoms with Gasteiger partial charge in [0.25, 0.3) is 0 Å². The molecule has 0 aliphatic carbocycles. The second-order valence-electron chi connectivity index (χ2n) is 3.46. The van der Waals surface area contributed by atoms with Gasteiger partial charge in [-0.3, -0.25) is 0 Å². The van der Waals surface area contributed by atoms with Gasteiger partial charge in [-0.05, 0) is 20.8 Å². The molecule has 0 bridgehead atoms. The molecule has 0 spiro atoms. The predicted molar refractivity (Wildman–Crippen MR) is 50.7 cm³/mol. The van der Waals surface area contributed by atoms with Gasteiger partial charge in [-0.15, -0.1) is 0 Å². The van der Waals surface area contributed by atoms with Crippen molar-refractivity contribution in [2.75, 3.05) is 19.7 Å². The van der Waals surface area contributed by atoms with Crippen molar-refractivity contribution in [1.82, 2.24) is 10.2 Å². The summed E-state index contributed by atoms with van der Waals surface area (Å²) in [6.07, 6.45) is -0.191. The van der Waals surface area contributed by atoms with Gasteiger partial charge in [0.05, 0.1) is 6.61 Å². The van der Waals surface area contributed by atoms with Crippen LogP contribution in [0.3, 0.4) is 0 Å². The molecule has 1 aliphatic heterocycles. The Morgan fingerprint density at radius 2 is 2.00 bits per heavy atom.